The number of likely N-dealkylation sites (N-methyl/N-ethyl adjacent to an activating group) is 1. The van der Waals surface area contributed by atoms with Crippen molar-refractivity contribution in [3.63, 3.8) is 0 Å². The van der Waals surface area contributed by atoms with E-state index < -0.39 is 12.0 Å². The predicted octanol–water partition coefficient (Wildman–Crippen LogP) is 2.60. The van der Waals surface area contributed by atoms with Crippen molar-refractivity contribution in [1.29, 1.82) is 0 Å². The minimum absolute atomic E-state index is 0.0750. The number of aryl methyl sites for hydroxylation is 1. The Balaban J connectivity index is 1.78. The highest BCUT2D eigenvalue weighted by molar-refractivity contribution is 6.01. The summed E-state index contributed by atoms with van der Waals surface area (Å²) in [5.41, 5.74) is 3.69. The van der Waals surface area contributed by atoms with Crippen LogP contribution in [-0.4, -0.2) is 43.3 Å². The van der Waals surface area contributed by atoms with E-state index in [0.29, 0.717) is 6.54 Å². The first-order valence-corrected chi connectivity index (χ1v) is 9.72. The summed E-state index contributed by atoms with van der Waals surface area (Å²) in [6.07, 6.45) is 0.136. The summed E-state index contributed by atoms with van der Waals surface area (Å²) in [6, 6.07) is 14.2. The normalized spacial score (nSPS) is 17.2. The fourth-order valence-electron chi connectivity index (χ4n) is 3.60. The number of amides is 3. The lowest BCUT2D eigenvalue weighted by Gasteiger charge is -2.24. The molecule has 2 atom stereocenters. The molecule has 1 saturated heterocycles. The van der Waals surface area contributed by atoms with Crippen LogP contribution in [0.4, 0.5) is 5.69 Å². The number of carbonyl (C=O) groups is 3. The molecule has 0 aromatic heterocycles. The molecule has 0 radical (unpaired) electrons. The summed E-state index contributed by atoms with van der Waals surface area (Å²) in [5, 5.41) is 2.87. The van der Waals surface area contributed by atoms with Gasteiger partial charge in [-0.25, -0.2) is 0 Å². The van der Waals surface area contributed by atoms with Crippen LogP contribution in [-0.2, 0) is 14.4 Å². The smallest absolute Gasteiger partial charge is 0.249 e. The maximum Gasteiger partial charge on any atom is 0.249 e. The molecule has 3 rings (SSSR count). The van der Waals surface area contributed by atoms with E-state index in [4.69, 9.17) is 0 Å². The van der Waals surface area contributed by atoms with E-state index in [1.54, 1.807) is 19.0 Å². The third kappa shape index (κ3) is 4.31. The Morgan fingerprint density at radius 1 is 1.07 bits per heavy atom. The molecule has 6 nitrogen and oxygen atoms in total. The average molecular weight is 393 g/mol. The topological polar surface area (TPSA) is 69.7 Å². The third-order valence-corrected chi connectivity index (χ3v) is 5.47. The number of nitrogens with one attached hydrogen (secondary N) is 1. The van der Waals surface area contributed by atoms with Crippen molar-refractivity contribution in [2.45, 2.75) is 26.3 Å². The Labute approximate surface area is 171 Å². The molecule has 1 fully saturated rings. The van der Waals surface area contributed by atoms with Crippen molar-refractivity contribution < 1.29 is 14.4 Å². The molecule has 152 valence electrons. The first kappa shape index (κ1) is 20.6. The molecule has 2 unspecified atom stereocenters. The van der Waals surface area contributed by atoms with Crippen LogP contribution in [0.25, 0.3) is 0 Å². The van der Waals surface area contributed by atoms with Crippen LogP contribution in [0.3, 0.4) is 0 Å². The summed E-state index contributed by atoms with van der Waals surface area (Å²) in [4.78, 5) is 41.4. The van der Waals surface area contributed by atoms with Gasteiger partial charge in [-0.15, -0.1) is 0 Å². The fraction of sp³-hybridized carbons (Fsp3) is 0.348. The van der Waals surface area contributed by atoms with E-state index in [9.17, 15) is 14.4 Å². The minimum atomic E-state index is -0.774. The second-order valence-corrected chi connectivity index (χ2v) is 7.71. The second-order valence-electron chi connectivity index (χ2n) is 7.71. The third-order valence-electron chi connectivity index (χ3n) is 5.47. The molecule has 3 amide bonds. The van der Waals surface area contributed by atoms with E-state index in [0.717, 1.165) is 22.4 Å². The number of anilines is 1. The Morgan fingerprint density at radius 2 is 1.76 bits per heavy atom. The van der Waals surface area contributed by atoms with Gasteiger partial charge in [0.15, 0.2) is 0 Å². The molecule has 1 N–H and O–H groups in total. The SMILES string of the molecule is Cc1cccc(N2CC(C(=O)NC(C(=O)N(C)C)c3ccccc3)CC2=O)c1C. The van der Waals surface area contributed by atoms with Gasteiger partial charge in [0.1, 0.15) is 6.04 Å². The second kappa shape index (κ2) is 8.47. The molecule has 1 aliphatic heterocycles. The van der Waals surface area contributed by atoms with Gasteiger partial charge >= 0.3 is 0 Å². The number of benzene rings is 2. The van der Waals surface area contributed by atoms with E-state index in [1.165, 1.54) is 4.90 Å². The molecular formula is C23H27N3O3. The van der Waals surface area contributed by atoms with Crippen molar-refractivity contribution >= 4 is 23.4 Å². The van der Waals surface area contributed by atoms with E-state index in [1.807, 2.05) is 62.4 Å². The highest BCUT2D eigenvalue weighted by atomic mass is 16.2. The number of rotatable bonds is 5. The highest BCUT2D eigenvalue weighted by Gasteiger charge is 2.37. The first-order valence-electron chi connectivity index (χ1n) is 9.72. The predicted molar refractivity (Wildman–Crippen MR) is 112 cm³/mol. The van der Waals surface area contributed by atoms with Crippen molar-refractivity contribution in [2.75, 3.05) is 25.5 Å². The summed E-state index contributed by atoms with van der Waals surface area (Å²) in [5.74, 6) is -1.06. The molecule has 1 aliphatic rings. The quantitative estimate of drug-likeness (QED) is 0.849. The average Bonchev–Trinajstić information content (AvgIpc) is 3.09. The summed E-state index contributed by atoms with van der Waals surface area (Å²) in [6.45, 7) is 4.29. The number of nitrogens with zero attached hydrogens (tertiary/aromatic N) is 2. The van der Waals surface area contributed by atoms with Crippen LogP contribution in [0.2, 0.25) is 0 Å². The van der Waals surface area contributed by atoms with E-state index in [-0.39, 0.29) is 24.1 Å². The van der Waals surface area contributed by atoms with Gasteiger partial charge in [-0.2, -0.15) is 0 Å². The highest BCUT2D eigenvalue weighted by Crippen LogP contribution is 2.30. The van der Waals surface area contributed by atoms with Gasteiger partial charge in [-0.05, 0) is 36.6 Å². The molecule has 0 spiro atoms. The van der Waals surface area contributed by atoms with E-state index >= 15 is 0 Å². The van der Waals surface area contributed by atoms with Crippen LogP contribution in [0.5, 0.6) is 0 Å². The maximum absolute atomic E-state index is 13.0. The Morgan fingerprint density at radius 3 is 2.41 bits per heavy atom. The van der Waals surface area contributed by atoms with Crippen LogP contribution < -0.4 is 10.2 Å². The molecular weight excluding hydrogens is 366 g/mol. The lowest BCUT2D eigenvalue weighted by molar-refractivity contribution is -0.135. The lowest BCUT2D eigenvalue weighted by atomic mass is 10.0. The van der Waals surface area contributed by atoms with Crippen molar-refractivity contribution in [1.82, 2.24) is 10.2 Å². The van der Waals surface area contributed by atoms with Crippen molar-refractivity contribution in [3.8, 4) is 0 Å². The van der Waals surface area contributed by atoms with E-state index in [2.05, 4.69) is 5.32 Å². The largest absolute Gasteiger partial charge is 0.347 e. The molecule has 1 heterocycles. The standard InChI is InChI=1S/C23H27N3O3/c1-15-9-8-12-19(16(15)2)26-14-18(13-20(26)27)22(28)24-21(23(29)25(3)4)17-10-6-5-7-11-17/h5-12,18,21H,13-14H2,1-4H3,(H,24,28). The van der Waals surface area contributed by atoms with Gasteiger partial charge in [0.2, 0.25) is 17.7 Å². The van der Waals surface area contributed by atoms with Crippen LogP contribution in [0.1, 0.15) is 29.2 Å². The Hall–Kier alpha value is -3.15. The maximum atomic E-state index is 13.0. The number of hydrogen-bond acceptors (Lipinski definition) is 3. The van der Waals surface area contributed by atoms with Gasteiger partial charge in [-0.1, -0.05) is 42.5 Å². The Kier molecular flexibility index (Phi) is 6.01. The van der Waals surface area contributed by atoms with Crippen LogP contribution in [0, 0.1) is 19.8 Å². The van der Waals surface area contributed by atoms with Crippen molar-refractivity contribution in [3.05, 3.63) is 65.2 Å². The monoisotopic (exact) mass is 393 g/mol. The summed E-state index contributed by atoms with van der Waals surface area (Å²) >= 11 is 0. The Bertz CT molecular complexity index is 924. The summed E-state index contributed by atoms with van der Waals surface area (Å²) < 4.78 is 0. The summed E-state index contributed by atoms with van der Waals surface area (Å²) in [7, 11) is 3.32. The fourth-order valence-corrected chi connectivity index (χ4v) is 3.60. The molecule has 6 heteroatoms. The lowest BCUT2D eigenvalue weighted by Crippen LogP contribution is -2.42. The zero-order valence-corrected chi connectivity index (χ0v) is 17.3. The van der Waals surface area contributed by atoms with Gasteiger partial charge in [0.25, 0.3) is 0 Å². The molecule has 2 aromatic rings. The van der Waals surface area contributed by atoms with Gasteiger partial charge in [0.05, 0.1) is 5.92 Å². The molecule has 2 aromatic carbocycles. The van der Waals surface area contributed by atoms with Crippen molar-refractivity contribution in [2.24, 2.45) is 5.92 Å². The van der Waals surface area contributed by atoms with Gasteiger partial charge in [0, 0.05) is 32.7 Å². The number of carbonyl (C=O) groups excluding carboxylic acids is 3. The van der Waals surface area contributed by atoms with Crippen LogP contribution in [0.15, 0.2) is 48.5 Å². The first-order chi connectivity index (χ1) is 13.8. The van der Waals surface area contributed by atoms with Gasteiger partial charge in [-0.3, -0.25) is 14.4 Å². The zero-order chi connectivity index (χ0) is 21.1. The zero-order valence-electron chi connectivity index (χ0n) is 17.3. The van der Waals surface area contributed by atoms with Crippen LogP contribution >= 0.6 is 0 Å². The molecule has 29 heavy (non-hydrogen) atoms. The molecule has 0 saturated carbocycles. The minimum Gasteiger partial charge on any atom is -0.347 e. The number of hydrogen-bond donors (Lipinski definition) is 1. The molecule has 0 bridgehead atoms. The van der Waals surface area contributed by atoms with Gasteiger partial charge < -0.3 is 15.1 Å². The molecule has 0 aliphatic carbocycles.